The Bertz CT molecular complexity index is 582. The number of nitriles is 1. The first kappa shape index (κ1) is 15.2. The van der Waals surface area contributed by atoms with Crippen molar-refractivity contribution >= 4 is 11.4 Å². The molecule has 0 saturated carbocycles. The highest BCUT2D eigenvalue weighted by Gasteiger charge is 2.34. The molecular weight excluding hydrogens is 272 g/mol. The summed E-state index contributed by atoms with van der Waals surface area (Å²) in [6.45, 7) is 1.03. The van der Waals surface area contributed by atoms with Crippen molar-refractivity contribution in [3.05, 3.63) is 33.9 Å². The standard InChI is InChI=1S/C14H18N4O3/c1-16(2)8-11-6-12(19)9-17(11)14-5-10(7-15)3-4-13(14)18(20)21/h3-5,11-12,19H,6,8-9H2,1-2H3. The summed E-state index contributed by atoms with van der Waals surface area (Å²) in [5.74, 6) is 0. The number of benzene rings is 1. The molecular formula is C14H18N4O3. The van der Waals surface area contributed by atoms with Crippen molar-refractivity contribution in [2.24, 2.45) is 0 Å². The van der Waals surface area contributed by atoms with Gasteiger partial charge >= 0.3 is 0 Å². The Morgan fingerprint density at radius 3 is 2.86 bits per heavy atom. The molecule has 112 valence electrons. The van der Waals surface area contributed by atoms with Crippen molar-refractivity contribution in [2.75, 3.05) is 32.1 Å². The lowest BCUT2D eigenvalue weighted by molar-refractivity contribution is -0.384. The molecule has 21 heavy (non-hydrogen) atoms. The molecule has 1 N–H and O–H groups in total. The summed E-state index contributed by atoms with van der Waals surface area (Å²) in [6, 6.07) is 6.31. The Morgan fingerprint density at radius 2 is 2.29 bits per heavy atom. The molecule has 0 amide bonds. The van der Waals surface area contributed by atoms with Crippen LogP contribution in [0.3, 0.4) is 0 Å². The number of hydrogen-bond donors (Lipinski definition) is 1. The highest BCUT2D eigenvalue weighted by atomic mass is 16.6. The van der Waals surface area contributed by atoms with Crippen LogP contribution in [0.1, 0.15) is 12.0 Å². The normalized spacial score (nSPS) is 21.6. The molecule has 1 aliphatic rings. The van der Waals surface area contributed by atoms with Crippen molar-refractivity contribution in [3.8, 4) is 6.07 Å². The molecule has 2 rings (SSSR count). The number of nitrogens with zero attached hydrogens (tertiary/aromatic N) is 4. The lowest BCUT2D eigenvalue weighted by atomic mass is 10.1. The topological polar surface area (TPSA) is 93.6 Å². The van der Waals surface area contributed by atoms with E-state index in [1.165, 1.54) is 18.2 Å². The minimum absolute atomic E-state index is 0.0114. The fourth-order valence-corrected chi connectivity index (χ4v) is 2.76. The van der Waals surface area contributed by atoms with E-state index in [0.29, 0.717) is 30.8 Å². The summed E-state index contributed by atoms with van der Waals surface area (Å²) in [7, 11) is 3.84. The molecule has 0 aromatic heterocycles. The maximum absolute atomic E-state index is 11.2. The zero-order valence-corrected chi connectivity index (χ0v) is 12.1. The average molecular weight is 290 g/mol. The predicted molar refractivity (Wildman–Crippen MR) is 78.1 cm³/mol. The van der Waals surface area contributed by atoms with Crippen LogP contribution in [0.5, 0.6) is 0 Å². The second kappa shape index (κ2) is 6.08. The van der Waals surface area contributed by atoms with Crippen LogP contribution in [0.15, 0.2) is 18.2 Å². The molecule has 7 nitrogen and oxygen atoms in total. The monoisotopic (exact) mass is 290 g/mol. The van der Waals surface area contributed by atoms with E-state index >= 15 is 0 Å². The molecule has 1 fully saturated rings. The molecule has 0 radical (unpaired) electrons. The number of β-amino-alcohol motifs (C(OH)–C–C–N with tert-alkyl or cyclic N) is 1. The van der Waals surface area contributed by atoms with Crippen molar-refractivity contribution in [2.45, 2.75) is 18.6 Å². The minimum atomic E-state index is -0.514. The number of nitro groups is 1. The highest BCUT2D eigenvalue weighted by Crippen LogP contribution is 2.34. The van der Waals surface area contributed by atoms with Gasteiger partial charge in [-0.15, -0.1) is 0 Å². The Morgan fingerprint density at radius 1 is 1.57 bits per heavy atom. The molecule has 1 aromatic carbocycles. The van der Waals surface area contributed by atoms with Gasteiger partial charge in [-0.05, 0) is 32.6 Å². The number of nitro benzene ring substituents is 1. The molecule has 0 bridgehead atoms. The minimum Gasteiger partial charge on any atom is -0.391 e. The van der Waals surface area contributed by atoms with Gasteiger partial charge < -0.3 is 14.9 Å². The first-order valence-corrected chi connectivity index (χ1v) is 6.70. The maximum atomic E-state index is 11.2. The summed E-state index contributed by atoms with van der Waals surface area (Å²) < 4.78 is 0. The van der Waals surface area contributed by atoms with E-state index in [2.05, 4.69) is 0 Å². The lowest BCUT2D eigenvalue weighted by Gasteiger charge is -2.28. The van der Waals surface area contributed by atoms with Crippen LogP contribution in [0.2, 0.25) is 0 Å². The third kappa shape index (κ3) is 3.29. The number of hydrogen-bond acceptors (Lipinski definition) is 6. The second-order valence-electron chi connectivity index (χ2n) is 5.53. The van der Waals surface area contributed by atoms with Gasteiger partial charge in [0.05, 0.1) is 22.7 Å². The van der Waals surface area contributed by atoms with Crippen molar-refractivity contribution in [1.82, 2.24) is 4.90 Å². The SMILES string of the molecule is CN(C)CC1CC(O)CN1c1cc(C#N)ccc1[N+](=O)[O-]. The molecule has 2 unspecified atom stereocenters. The maximum Gasteiger partial charge on any atom is 0.292 e. The summed E-state index contributed by atoms with van der Waals surface area (Å²) in [6.07, 6.45) is 0.0480. The van der Waals surface area contributed by atoms with Gasteiger partial charge in [-0.3, -0.25) is 10.1 Å². The molecule has 0 aliphatic carbocycles. The second-order valence-corrected chi connectivity index (χ2v) is 5.53. The molecule has 2 atom stereocenters. The highest BCUT2D eigenvalue weighted by molar-refractivity contribution is 5.67. The average Bonchev–Trinajstić information content (AvgIpc) is 2.77. The van der Waals surface area contributed by atoms with Crippen LogP contribution in [0.4, 0.5) is 11.4 Å². The number of aliphatic hydroxyl groups excluding tert-OH is 1. The Hall–Kier alpha value is -2.17. The van der Waals surface area contributed by atoms with Crippen LogP contribution in [0.25, 0.3) is 0 Å². The summed E-state index contributed by atoms with van der Waals surface area (Å²) in [5.41, 5.74) is 0.745. The fourth-order valence-electron chi connectivity index (χ4n) is 2.76. The number of likely N-dealkylation sites (N-methyl/N-ethyl adjacent to an activating group) is 1. The van der Waals surface area contributed by atoms with Gasteiger partial charge in [-0.2, -0.15) is 5.26 Å². The smallest absolute Gasteiger partial charge is 0.292 e. The molecule has 0 spiro atoms. The van der Waals surface area contributed by atoms with Gasteiger partial charge in [-0.25, -0.2) is 0 Å². The van der Waals surface area contributed by atoms with Gasteiger partial charge in [0, 0.05) is 25.2 Å². The Balaban J connectivity index is 2.42. The zero-order valence-electron chi connectivity index (χ0n) is 12.1. The molecule has 7 heteroatoms. The first-order chi connectivity index (χ1) is 9.92. The quantitative estimate of drug-likeness (QED) is 0.656. The number of anilines is 1. The molecule has 1 aliphatic heterocycles. The largest absolute Gasteiger partial charge is 0.391 e. The lowest BCUT2D eigenvalue weighted by Crippen LogP contribution is -2.37. The van der Waals surface area contributed by atoms with Gasteiger partial charge in [0.2, 0.25) is 0 Å². The van der Waals surface area contributed by atoms with E-state index in [9.17, 15) is 15.2 Å². The zero-order chi connectivity index (χ0) is 15.6. The van der Waals surface area contributed by atoms with E-state index in [-0.39, 0.29) is 11.7 Å². The van der Waals surface area contributed by atoms with Gasteiger partial charge in [-0.1, -0.05) is 0 Å². The van der Waals surface area contributed by atoms with E-state index in [1.54, 1.807) is 0 Å². The summed E-state index contributed by atoms with van der Waals surface area (Å²) >= 11 is 0. The van der Waals surface area contributed by atoms with E-state index in [4.69, 9.17) is 5.26 Å². The van der Waals surface area contributed by atoms with E-state index < -0.39 is 11.0 Å². The van der Waals surface area contributed by atoms with Crippen molar-refractivity contribution < 1.29 is 10.0 Å². The predicted octanol–water partition coefficient (Wildman–Crippen LogP) is 0.968. The summed E-state index contributed by atoms with van der Waals surface area (Å²) in [5, 5.41) is 30.1. The van der Waals surface area contributed by atoms with E-state index in [0.717, 1.165) is 0 Å². The van der Waals surface area contributed by atoms with Crippen molar-refractivity contribution in [1.29, 1.82) is 5.26 Å². The van der Waals surface area contributed by atoms with Crippen molar-refractivity contribution in [3.63, 3.8) is 0 Å². The van der Waals surface area contributed by atoms with Crippen LogP contribution < -0.4 is 4.90 Å². The number of rotatable bonds is 4. The first-order valence-electron chi connectivity index (χ1n) is 6.70. The Labute approximate surface area is 123 Å². The number of aliphatic hydroxyl groups is 1. The van der Waals surface area contributed by atoms with Gasteiger partial charge in [0.15, 0.2) is 0 Å². The third-order valence-electron chi connectivity index (χ3n) is 3.58. The molecule has 1 saturated heterocycles. The van der Waals surface area contributed by atoms with Crippen LogP contribution in [-0.2, 0) is 0 Å². The van der Waals surface area contributed by atoms with Gasteiger partial charge in [0.1, 0.15) is 5.69 Å². The fraction of sp³-hybridized carbons (Fsp3) is 0.500. The van der Waals surface area contributed by atoms with Crippen LogP contribution in [0, 0.1) is 21.4 Å². The Kier molecular flexibility index (Phi) is 4.40. The van der Waals surface area contributed by atoms with Gasteiger partial charge in [0.25, 0.3) is 5.69 Å². The molecule has 1 heterocycles. The molecule has 1 aromatic rings. The third-order valence-corrected chi connectivity index (χ3v) is 3.58. The van der Waals surface area contributed by atoms with E-state index in [1.807, 2.05) is 30.0 Å². The summed E-state index contributed by atoms with van der Waals surface area (Å²) in [4.78, 5) is 14.6. The van der Waals surface area contributed by atoms with Crippen LogP contribution in [-0.4, -0.2) is 54.3 Å². The van der Waals surface area contributed by atoms with Crippen LogP contribution >= 0.6 is 0 Å².